The molecule has 0 aromatic rings. The molecule has 21 heavy (non-hydrogen) atoms. The van der Waals surface area contributed by atoms with Gasteiger partial charge in [-0.15, -0.1) is 0 Å². The van der Waals surface area contributed by atoms with E-state index in [9.17, 15) is 9.59 Å². The van der Waals surface area contributed by atoms with Gasteiger partial charge < -0.3 is 10.2 Å². The Morgan fingerprint density at radius 3 is 2.33 bits per heavy atom. The molecule has 0 spiro atoms. The van der Waals surface area contributed by atoms with Gasteiger partial charge in [-0.2, -0.15) is 0 Å². The number of hydrogen-bond donors (Lipinski definition) is 1. The Morgan fingerprint density at radius 2 is 1.81 bits per heavy atom. The largest absolute Gasteiger partial charge is 0.355 e. The zero-order valence-electron chi connectivity index (χ0n) is 13.0. The number of carbonyl (C=O) groups excluding carboxylic acids is 2. The van der Waals surface area contributed by atoms with Crippen molar-refractivity contribution in [1.82, 2.24) is 15.1 Å². The van der Waals surface area contributed by atoms with Gasteiger partial charge in [0, 0.05) is 51.1 Å². The van der Waals surface area contributed by atoms with Crippen LogP contribution in [0.1, 0.15) is 32.6 Å². The van der Waals surface area contributed by atoms with Gasteiger partial charge in [0.1, 0.15) is 0 Å². The van der Waals surface area contributed by atoms with E-state index in [1.165, 1.54) is 6.42 Å². The second-order valence-electron chi connectivity index (χ2n) is 6.91. The maximum atomic E-state index is 12.1. The maximum absolute atomic E-state index is 12.1. The SMILES string of the molecule is C[C@H]1C[C@H]1C(=O)N1CCN(CCNC(=O)C2CCC2)CC1. The highest BCUT2D eigenvalue weighted by atomic mass is 16.2. The summed E-state index contributed by atoms with van der Waals surface area (Å²) in [5.41, 5.74) is 0. The van der Waals surface area contributed by atoms with Gasteiger partial charge in [-0.25, -0.2) is 0 Å². The van der Waals surface area contributed by atoms with Crippen molar-refractivity contribution in [3.8, 4) is 0 Å². The standard InChI is InChI=1S/C16H27N3O2/c1-12-11-14(12)16(21)19-9-7-18(8-10-19)6-5-17-15(20)13-3-2-4-13/h12-14H,2-11H2,1H3,(H,17,20)/t12-,14+/m0/s1. The van der Waals surface area contributed by atoms with Crippen LogP contribution >= 0.6 is 0 Å². The van der Waals surface area contributed by atoms with Crippen LogP contribution < -0.4 is 5.32 Å². The minimum absolute atomic E-state index is 0.234. The Hall–Kier alpha value is -1.10. The van der Waals surface area contributed by atoms with Gasteiger partial charge in [0.2, 0.25) is 11.8 Å². The van der Waals surface area contributed by atoms with Crippen molar-refractivity contribution in [3.63, 3.8) is 0 Å². The van der Waals surface area contributed by atoms with Crippen LogP contribution in [0.5, 0.6) is 0 Å². The lowest BCUT2D eigenvalue weighted by atomic mass is 9.85. The van der Waals surface area contributed by atoms with Crippen molar-refractivity contribution in [2.75, 3.05) is 39.3 Å². The molecule has 5 heteroatoms. The summed E-state index contributed by atoms with van der Waals surface area (Å²) < 4.78 is 0. The molecule has 3 fully saturated rings. The third-order valence-corrected chi connectivity index (χ3v) is 5.31. The lowest BCUT2D eigenvalue weighted by Gasteiger charge is -2.35. The van der Waals surface area contributed by atoms with E-state index in [4.69, 9.17) is 0 Å². The molecule has 1 saturated heterocycles. The summed E-state index contributed by atoms with van der Waals surface area (Å²) in [6, 6.07) is 0. The quantitative estimate of drug-likeness (QED) is 0.812. The summed E-state index contributed by atoms with van der Waals surface area (Å²) in [7, 11) is 0. The zero-order valence-corrected chi connectivity index (χ0v) is 13.0. The lowest BCUT2D eigenvalue weighted by molar-refractivity contribution is -0.134. The first-order valence-corrected chi connectivity index (χ1v) is 8.44. The van der Waals surface area contributed by atoms with Crippen LogP contribution in [0.25, 0.3) is 0 Å². The van der Waals surface area contributed by atoms with E-state index in [1.807, 2.05) is 4.90 Å². The molecule has 2 amide bonds. The molecule has 0 aromatic carbocycles. The fourth-order valence-corrected chi connectivity index (χ4v) is 3.24. The molecule has 2 atom stereocenters. The van der Waals surface area contributed by atoms with Crippen molar-refractivity contribution in [1.29, 1.82) is 0 Å². The van der Waals surface area contributed by atoms with Crippen LogP contribution in [0, 0.1) is 17.8 Å². The number of hydrogen-bond acceptors (Lipinski definition) is 3. The number of piperazine rings is 1. The molecule has 2 aliphatic carbocycles. The Labute approximate surface area is 127 Å². The van der Waals surface area contributed by atoms with E-state index in [2.05, 4.69) is 17.1 Å². The molecule has 118 valence electrons. The number of nitrogens with zero attached hydrogens (tertiary/aromatic N) is 2. The van der Waals surface area contributed by atoms with E-state index in [-0.39, 0.29) is 11.8 Å². The van der Waals surface area contributed by atoms with Gasteiger partial charge in [-0.05, 0) is 25.2 Å². The summed E-state index contributed by atoms with van der Waals surface area (Å²) in [6.45, 7) is 7.36. The number of rotatable bonds is 5. The van der Waals surface area contributed by atoms with Crippen LogP contribution in [0.15, 0.2) is 0 Å². The predicted octanol–water partition coefficient (Wildman–Crippen LogP) is 0.703. The van der Waals surface area contributed by atoms with Crippen LogP contribution in [-0.2, 0) is 9.59 Å². The first-order chi connectivity index (χ1) is 10.1. The third-order valence-electron chi connectivity index (χ3n) is 5.31. The average Bonchev–Trinajstić information content (AvgIpc) is 3.14. The summed E-state index contributed by atoms with van der Waals surface area (Å²) in [4.78, 5) is 28.3. The average molecular weight is 293 g/mol. The molecule has 3 rings (SSSR count). The molecular formula is C16H27N3O2. The van der Waals surface area contributed by atoms with Gasteiger partial charge >= 0.3 is 0 Å². The van der Waals surface area contributed by atoms with E-state index in [0.717, 1.165) is 58.5 Å². The molecule has 2 saturated carbocycles. The van der Waals surface area contributed by atoms with Gasteiger partial charge in [0.05, 0.1) is 0 Å². The molecule has 0 bridgehead atoms. The zero-order chi connectivity index (χ0) is 14.8. The second kappa shape index (κ2) is 6.34. The lowest BCUT2D eigenvalue weighted by Crippen LogP contribution is -2.51. The Balaban J connectivity index is 1.30. The summed E-state index contributed by atoms with van der Waals surface area (Å²) in [5, 5.41) is 3.04. The number of carbonyl (C=O) groups is 2. The highest BCUT2D eigenvalue weighted by Gasteiger charge is 2.41. The van der Waals surface area contributed by atoms with Gasteiger partial charge in [-0.1, -0.05) is 13.3 Å². The first-order valence-electron chi connectivity index (χ1n) is 8.44. The van der Waals surface area contributed by atoms with Crippen LogP contribution in [0.3, 0.4) is 0 Å². The van der Waals surface area contributed by atoms with Gasteiger partial charge in [0.15, 0.2) is 0 Å². The Bertz CT molecular complexity index is 398. The first kappa shape index (κ1) is 14.8. The molecule has 0 unspecified atom stereocenters. The fraction of sp³-hybridized carbons (Fsp3) is 0.875. The smallest absolute Gasteiger partial charge is 0.226 e. The van der Waals surface area contributed by atoms with Crippen molar-refractivity contribution in [3.05, 3.63) is 0 Å². The van der Waals surface area contributed by atoms with Crippen molar-refractivity contribution >= 4 is 11.8 Å². The van der Waals surface area contributed by atoms with E-state index < -0.39 is 0 Å². The number of amides is 2. The minimum Gasteiger partial charge on any atom is -0.355 e. The summed E-state index contributed by atoms with van der Waals surface area (Å²) >= 11 is 0. The summed E-state index contributed by atoms with van der Waals surface area (Å²) in [6.07, 6.45) is 4.40. The molecule has 0 radical (unpaired) electrons. The van der Waals surface area contributed by atoms with Crippen molar-refractivity contribution in [2.24, 2.45) is 17.8 Å². The molecular weight excluding hydrogens is 266 g/mol. The van der Waals surface area contributed by atoms with E-state index in [0.29, 0.717) is 17.7 Å². The van der Waals surface area contributed by atoms with Gasteiger partial charge in [0.25, 0.3) is 0 Å². The van der Waals surface area contributed by atoms with Crippen molar-refractivity contribution < 1.29 is 9.59 Å². The fourth-order valence-electron chi connectivity index (χ4n) is 3.24. The molecule has 1 aliphatic heterocycles. The molecule has 1 N–H and O–H groups in total. The molecule has 5 nitrogen and oxygen atoms in total. The maximum Gasteiger partial charge on any atom is 0.226 e. The Kier molecular flexibility index (Phi) is 4.48. The van der Waals surface area contributed by atoms with Crippen LogP contribution in [0.4, 0.5) is 0 Å². The second-order valence-corrected chi connectivity index (χ2v) is 6.91. The number of nitrogens with one attached hydrogen (secondary N) is 1. The van der Waals surface area contributed by atoms with E-state index >= 15 is 0 Å². The predicted molar refractivity (Wildman–Crippen MR) is 80.6 cm³/mol. The minimum atomic E-state index is 0.234. The topological polar surface area (TPSA) is 52.7 Å². The highest BCUT2D eigenvalue weighted by molar-refractivity contribution is 5.81. The van der Waals surface area contributed by atoms with E-state index in [1.54, 1.807) is 0 Å². The molecule has 1 heterocycles. The Morgan fingerprint density at radius 1 is 1.14 bits per heavy atom. The normalized spacial score (nSPS) is 29.9. The van der Waals surface area contributed by atoms with Gasteiger partial charge in [-0.3, -0.25) is 14.5 Å². The molecule has 3 aliphatic rings. The molecule has 0 aromatic heterocycles. The van der Waals surface area contributed by atoms with Crippen LogP contribution in [-0.4, -0.2) is 60.9 Å². The van der Waals surface area contributed by atoms with Crippen molar-refractivity contribution in [2.45, 2.75) is 32.6 Å². The van der Waals surface area contributed by atoms with Crippen LogP contribution in [0.2, 0.25) is 0 Å². The monoisotopic (exact) mass is 293 g/mol. The third kappa shape index (κ3) is 3.57. The summed E-state index contributed by atoms with van der Waals surface area (Å²) in [5.74, 6) is 1.77. The highest BCUT2D eigenvalue weighted by Crippen LogP contribution is 2.39.